The molecule has 2 aliphatic heterocycles. The van der Waals surface area contributed by atoms with Crippen LogP contribution in [0.15, 0.2) is 170 Å². The van der Waals surface area contributed by atoms with Crippen molar-refractivity contribution in [1.29, 1.82) is 0 Å². The van der Waals surface area contributed by atoms with Crippen LogP contribution >= 0.6 is 0 Å². The zero-order valence-electron chi connectivity index (χ0n) is 50.7. The van der Waals surface area contributed by atoms with E-state index in [4.69, 9.17) is 0 Å². The van der Waals surface area contributed by atoms with Crippen molar-refractivity contribution in [2.45, 2.75) is 143 Å². The van der Waals surface area contributed by atoms with Crippen LogP contribution in [0.2, 0.25) is 0 Å². The molecule has 0 bridgehead atoms. The average Bonchev–Trinajstić information content (AvgIpc) is 2.84. The van der Waals surface area contributed by atoms with Crippen molar-refractivity contribution in [3.05, 3.63) is 231 Å². The molecule has 0 fully saturated rings. The maximum atomic E-state index is 2.75. The Morgan fingerprint density at radius 2 is 0.988 bits per heavy atom. The number of benzene rings is 9. The van der Waals surface area contributed by atoms with Crippen LogP contribution in [0.1, 0.15) is 172 Å². The molecule has 0 amide bonds. The SMILES string of the molecule is CC(C)(C)c1ccc(/C=C(\c2ccc(C(C)(C)C)cc2)c2ccc3c(c2)-c2c4c(c5c6cc(C(C)(C)C)ccc6n6c5c2B(c2cc5c(cc2-6)-c2ccccc2C5(C)C)N3c2ccc(C(C)(C)C)cc2)C(C)(C)c2ccccc2-4)cc1. The Bertz CT molecular complexity index is 4330. The van der Waals surface area contributed by atoms with Gasteiger partial charge in [0.1, 0.15) is 0 Å². The van der Waals surface area contributed by atoms with Gasteiger partial charge in [-0.1, -0.05) is 238 Å². The standard InChI is InChI=1S/C78H77BN2/c1-73(2,3)49-30-25-46(26-31-49)41-56(47-27-32-50(33-28-47)74(4,5)6)48-29-39-65-58(42-48)68-67-55-22-18-20-24-61(55)78(15,16)70(67)69-59-43-52(76(10,11)12)36-40-64(59)80-66-44-57-54-21-17-19-23-60(54)77(13,14)62(57)45-63(66)79(71(68)72(69)80)81(65)53-37-34-51(35-38-53)75(7,8)9/h17-45H,1-16H3/b56-41+. The van der Waals surface area contributed by atoms with Crippen molar-refractivity contribution in [3.63, 3.8) is 0 Å². The Hall–Kier alpha value is -7.62. The highest BCUT2D eigenvalue weighted by molar-refractivity contribution is 6.94. The van der Waals surface area contributed by atoms with E-state index in [1.54, 1.807) is 0 Å². The molecule has 0 saturated carbocycles. The first kappa shape index (κ1) is 51.5. The number of nitrogens with zero attached hydrogens (tertiary/aromatic N) is 2. The van der Waals surface area contributed by atoms with Crippen molar-refractivity contribution < 1.29 is 0 Å². The van der Waals surface area contributed by atoms with E-state index < -0.39 is 0 Å². The van der Waals surface area contributed by atoms with E-state index >= 15 is 0 Å². The first-order valence-electron chi connectivity index (χ1n) is 29.8. The van der Waals surface area contributed by atoms with E-state index in [-0.39, 0.29) is 39.3 Å². The molecule has 0 radical (unpaired) electrons. The second kappa shape index (κ2) is 17.0. The van der Waals surface area contributed by atoms with E-state index in [2.05, 4.69) is 296 Å². The largest absolute Gasteiger partial charge is 0.376 e. The van der Waals surface area contributed by atoms with Gasteiger partial charge in [-0.15, -0.1) is 0 Å². The van der Waals surface area contributed by atoms with Crippen LogP contribution in [0.25, 0.3) is 72.5 Å². The molecule has 1 aromatic heterocycles. The molecular weight excluding hydrogens is 976 g/mol. The predicted molar refractivity (Wildman–Crippen MR) is 350 cm³/mol. The molecule has 0 unspecified atom stereocenters. The number of aromatic nitrogens is 1. The van der Waals surface area contributed by atoms with Gasteiger partial charge in [0.15, 0.2) is 0 Å². The highest BCUT2D eigenvalue weighted by atomic mass is 15.1. The predicted octanol–water partition coefficient (Wildman–Crippen LogP) is 19.4. The summed E-state index contributed by atoms with van der Waals surface area (Å²) in [5, 5.41) is 2.73. The highest BCUT2D eigenvalue weighted by Gasteiger charge is 2.51. The summed E-state index contributed by atoms with van der Waals surface area (Å²) < 4.78 is 2.73. The second-order valence-electron chi connectivity index (χ2n) is 29.4. The molecule has 81 heavy (non-hydrogen) atoms. The lowest BCUT2D eigenvalue weighted by Gasteiger charge is -2.43. The molecule has 10 aromatic rings. The molecule has 402 valence electrons. The molecule has 3 heteroatoms. The molecule has 0 N–H and O–H groups in total. The van der Waals surface area contributed by atoms with Gasteiger partial charge in [-0.05, 0) is 176 Å². The molecule has 2 nitrogen and oxygen atoms in total. The summed E-state index contributed by atoms with van der Waals surface area (Å²) in [6.07, 6.45) is 2.44. The van der Waals surface area contributed by atoms with Crippen LogP contribution in [0.3, 0.4) is 0 Å². The molecular formula is C78H77BN2. The Balaban J connectivity index is 1.16. The fourth-order valence-electron chi connectivity index (χ4n) is 14.8. The zero-order valence-corrected chi connectivity index (χ0v) is 50.7. The Labute approximate surface area is 482 Å². The smallest absolute Gasteiger partial charge is 0.333 e. The number of hydrogen-bond acceptors (Lipinski definition) is 1. The molecule has 2 aliphatic carbocycles. The lowest BCUT2D eigenvalue weighted by atomic mass is 9.43. The zero-order chi connectivity index (χ0) is 56.8. The summed E-state index contributed by atoms with van der Waals surface area (Å²) in [5.41, 5.74) is 32.5. The van der Waals surface area contributed by atoms with E-state index in [1.165, 1.54) is 150 Å². The summed E-state index contributed by atoms with van der Waals surface area (Å²) in [6.45, 7) is 37.6. The lowest BCUT2D eigenvalue weighted by Crippen LogP contribution is -2.61. The summed E-state index contributed by atoms with van der Waals surface area (Å²) in [5.74, 6) is 0. The normalized spacial score (nSPS) is 15.6. The summed E-state index contributed by atoms with van der Waals surface area (Å²) in [7, 11) is 0. The number of fused-ring (bicyclic) bond motifs is 16. The van der Waals surface area contributed by atoms with Gasteiger partial charge >= 0.3 is 6.85 Å². The molecule has 4 aliphatic rings. The maximum absolute atomic E-state index is 2.75. The third-order valence-electron chi connectivity index (χ3n) is 19.4. The highest BCUT2D eigenvalue weighted by Crippen LogP contribution is 2.60. The van der Waals surface area contributed by atoms with Crippen molar-refractivity contribution in [1.82, 2.24) is 4.57 Å². The molecule has 0 atom stereocenters. The third kappa shape index (κ3) is 7.52. The molecule has 9 aromatic carbocycles. The van der Waals surface area contributed by atoms with Gasteiger partial charge in [0.05, 0.1) is 11.0 Å². The quantitative estimate of drug-likeness (QED) is 0.126. The third-order valence-corrected chi connectivity index (χ3v) is 19.4. The van der Waals surface area contributed by atoms with Gasteiger partial charge in [0.25, 0.3) is 0 Å². The minimum absolute atomic E-state index is 0.000933. The molecule has 0 saturated heterocycles. The van der Waals surface area contributed by atoms with Crippen LogP contribution in [-0.4, -0.2) is 11.4 Å². The fraction of sp³-hybridized carbons (Fsp3) is 0.282. The maximum Gasteiger partial charge on any atom is 0.333 e. The Morgan fingerprint density at radius 1 is 0.444 bits per heavy atom. The first-order valence-corrected chi connectivity index (χ1v) is 29.8. The van der Waals surface area contributed by atoms with Crippen LogP contribution in [0.4, 0.5) is 11.4 Å². The monoisotopic (exact) mass is 1050 g/mol. The van der Waals surface area contributed by atoms with Gasteiger partial charge in [-0.2, -0.15) is 0 Å². The van der Waals surface area contributed by atoms with E-state index in [9.17, 15) is 0 Å². The van der Waals surface area contributed by atoms with E-state index in [0.29, 0.717) is 0 Å². The van der Waals surface area contributed by atoms with Crippen LogP contribution in [0, 0.1) is 0 Å². The number of rotatable bonds is 4. The lowest BCUT2D eigenvalue weighted by molar-refractivity contribution is 0.590. The minimum Gasteiger partial charge on any atom is -0.376 e. The topological polar surface area (TPSA) is 8.17 Å². The summed E-state index contributed by atoms with van der Waals surface area (Å²) in [6, 6.07) is 67.1. The molecule has 14 rings (SSSR count). The van der Waals surface area contributed by atoms with Gasteiger partial charge < -0.3 is 9.38 Å². The average molecular weight is 1050 g/mol. The first-order chi connectivity index (χ1) is 38.2. The minimum atomic E-state index is -0.300. The van der Waals surface area contributed by atoms with Crippen molar-refractivity contribution >= 4 is 62.6 Å². The van der Waals surface area contributed by atoms with Gasteiger partial charge in [-0.3, -0.25) is 0 Å². The number of anilines is 2. The van der Waals surface area contributed by atoms with Crippen LogP contribution in [0.5, 0.6) is 0 Å². The van der Waals surface area contributed by atoms with Gasteiger partial charge in [0.2, 0.25) is 0 Å². The summed E-state index contributed by atoms with van der Waals surface area (Å²) in [4.78, 5) is 2.75. The van der Waals surface area contributed by atoms with Crippen molar-refractivity contribution in [3.8, 4) is 39.1 Å². The van der Waals surface area contributed by atoms with Crippen LogP contribution < -0.4 is 15.7 Å². The van der Waals surface area contributed by atoms with Crippen molar-refractivity contribution in [2.24, 2.45) is 0 Å². The fourth-order valence-corrected chi connectivity index (χ4v) is 14.8. The second-order valence-corrected chi connectivity index (χ2v) is 29.4. The number of hydrogen-bond donors (Lipinski definition) is 0. The van der Waals surface area contributed by atoms with Crippen molar-refractivity contribution in [2.75, 3.05) is 4.81 Å². The van der Waals surface area contributed by atoms with E-state index in [1.807, 2.05) is 0 Å². The Morgan fingerprint density at radius 3 is 1.60 bits per heavy atom. The van der Waals surface area contributed by atoms with Gasteiger partial charge in [-0.25, -0.2) is 0 Å². The Kier molecular flexibility index (Phi) is 10.8. The van der Waals surface area contributed by atoms with Gasteiger partial charge in [0, 0.05) is 44.2 Å². The summed E-state index contributed by atoms with van der Waals surface area (Å²) >= 11 is 0. The van der Waals surface area contributed by atoms with E-state index in [0.717, 1.165) is 0 Å². The molecule has 0 spiro atoms. The van der Waals surface area contributed by atoms with Crippen LogP contribution in [-0.2, 0) is 32.5 Å². The molecule has 3 heterocycles.